The van der Waals surface area contributed by atoms with Crippen molar-refractivity contribution in [1.82, 2.24) is 9.97 Å². The van der Waals surface area contributed by atoms with Crippen LogP contribution in [0.2, 0.25) is 0 Å². The van der Waals surface area contributed by atoms with Crippen LogP contribution >= 0.6 is 0 Å². The first-order chi connectivity index (χ1) is 9.28. The van der Waals surface area contributed by atoms with E-state index in [0.29, 0.717) is 0 Å². The molecule has 0 aliphatic carbocycles. The topological polar surface area (TPSA) is 41.0 Å². The van der Waals surface area contributed by atoms with E-state index in [0.717, 1.165) is 36.8 Å². The molecule has 1 aliphatic heterocycles. The summed E-state index contributed by atoms with van der Waals surface area (Å²) in [4.78, 5) is 11.2. The predicted octanol–water partition coefficient (Wildman–Crippen LogP) is 2.91. The molecule has 98 valence electrons. The van der Waals surface area contributed by atoms with Crippen LogP contribution in [-0.2, 0) is 6.42 Å². The van der Waals surface area contributed by atoms with Gasteiger partial charge in [0, 0.05) is 25.3 Å². The number of para-hydroxylation sites is 1. The van der Waals surface area contributed by atoms with Crippen molar-refractivity contribution in [2.45, 2.75) is 19.8 Å². The molecule has 1 aliphatic rings. The number of hydrogen-bond acceptors (Lipinski definition) is 4. The van der Waals surface area contributed by atoms with E-state index in [1.165, 1.54) is 11.3 Å². The zero-order valence-corrected chi connectivity index (χ0v) is 11.3. The maximum Gasteiger partial charge on any atom is 0.138 e. The Hall–Kier alpha value is -2.10. The van der Waals surface area contributed by atoms with E-state index < -0.39 is 0 Å². The van der Waals surface area contributed by atoms with Gasteiger partial charge in [0.15, 0.2) is 0 Å². The molecule has 19 heavy (non-hydrogen) atoms. The molecule has 4 heteroatoms. The normalized spacial score (nSPS) is 14.1. The minimum Gasteiger partial charge on any atom is -0.373 e. The van der Waals surface area contributed by atoms with Crippen molar-refractivity contribution in [3.63, 3.8) is 0 Å². The van der Waals surface area contributed by atoms with Gasteiger partial charge in [-0.1, -0.05) is 18.2 Å². The number of aryl methyl sites for hydroxylation is 2. The minimum absolute atomic E-state index is 0.796. The third-order valence-electron chi connectivity index (χ3n) is 3.47. The summed E-state index contributed by atoms with van der Waals surface area (Å²) >= 11 is 0. The lowest BCUT2D eigenvalue weighted by Crippen LogP contribution is -2.25. The summed E-state index contributed by atoms with van der Waals surface area (Å²) in [6, 6.07) is 10.6. The third-order valence-corrected chi connectivity index (χ3v) is 3.47. The van der Waals surface area contributed by atoms with Crippen molar-refractivity contribution < 1.29 is 0 Å². The molecular weight excluding hydrogens is 236 g/mol. The first kappa shape index (κ1) is 12.0. The lowest BCUT2D eigenvalue weighted by atomic mass is 10.0. The number of nitrogens with one attached hydrogen (secondary N) is 1. The van der Waals surface area contributed by atoms with Gasteiger partial charge < -0.3 is 10.2 Å². The van der Waals surface area contributed by atoms with E-state index in [9.17, 15) is 0 Å². The fourth-order valence-electron chi connectivity index (χ4n) is 2.59. The van der Waals surface area contributed by atoms with Crippen LogP contribution in [0.3, 0.4) is 0 Å². The molecule has 0 fully saturated rings. The fourth-order valence-corrected chi connectivity index (χ4v) is 2.59. The van der Waals surface area contributed by atoms with Crippen LogP contribution in [0.1, 0.15) is 17.8 Å². The Kier molecular flexibility index (Phi) is 3.07. The molecule has 0 saturated carbocycles. The van der Waals surface area contributed by atoms with Crippen molar-refractivity contribution in [3.05, 3.63) is 41.7 Å². The summed E-state index contributed by atoms with van der Waals surface area (Å²) in [7, 11) is 1.88. The lowest BCUT2D eigenvalue weighted by Gasteiger charge is -2.30. The number of benzene rings is 1. The molecule has 0 amide bonds. The van der Waals surface area contributed by atoms with E-state index in [-0.39, 0.29) is 0 Å². The Balaban J connectivity index is 2.06. The highest BCUT2D eigenvalue weighted by atomic mass is 15.2. The monoisotopic (exact) mass is 254 g/mol. The molecule has 0 atom stereocenters. The van der Waals surface area contributed by atoms with E-state index in [4.69, 9.17) is 0 Å². The van der Waals surface area contributed by atoms with Gasteiger partial charge in [0.05, 0.1) is 0 Å². The Morgan fingerprint density at radius 1 is 1.21 bits per heavy atom. The van der Waals surface area contributed by atoms with Crippen LogP contribution in [0.4, 0.5) is 17.3 Å². The molecule has 0 saturated heterocycles. The maximum atomic E-state index is 4.58. The van der Waals surface area contributed by atoms with Gasteiger partial charge >= 0.3 is 0 Å². The van der Waals surface area contributed by atoms with E-state index >= 15 is 0 Å². The molecule has 4 nitrogen and oxygen atoms in total. The van der Waals surface area contributed by atoms with Crippen LogP contribution in [0.25, 0.3) is 0 Å². The first-order valence-corrected chi connectivity index (χ1v) is 6.67. The number of anilines is 3. The van der Waals surface area contributed by atoms with Gasteiger partial charge in [-0.05, 0) is 31.4 Å². The second-order valence-corrected chi connectivity index (χ2v) is 4.79. The molecule has 0 unspecified atom stereocenters. The van der Waals surface area contributed by atoms with E-state index in [1.54, 1.807) is 0 Å². The smallest absolute Gasteiger partial charge is 0.138 e. The Bertz CT molecular complexity index is 594. The largest absolute Gasteiger partial charge is 0.373 e. The van der Waals surface area contributed by atoms with Crippen LogP contribution in [0.15, 0.2) is 30.3 Å². The quantitative estimate of drug-likeness (QED) is 0.894. The molecule has 0 bridgehead atoms. The number of hydrogen-bond donors (Lipinski definition) is 1. The van der Waals surface area contributed by atoms with Gasteiger partial charge in [-0.15, -0.1) is 0 Å². The summed E-state index contributed by atoms with van der Waals surface area (Å²) in [6.45, 7) is 2.94. The van der Waals surface area contributed by atoms with Gasteiger partial charge in [-0.3, -0.25) is 0 Å². The Morgan fingerprint density at radius 2 is 2.05 bits per heavy atom. The molecule has 1 N–H and O–H groups in total. The molecule has 3 rings (SSSR count). The van der Waals surface area contributed by atoms with Crippen molar-refractivity contribution >= 4 is 17.3 Å². The molecule has 1 aromatic heterocycles. The summed E-state index contributed by atoms with van der Waals surface area (Å²) in [5.41, 5.74) is 2.67. The Morgan fingerprint density at radius 3 is 2.89 bits per heavy atom. The van der Waals surface area contributed by atoms with Crippen molar-refractivity contribution in [1.29, 1.82) is 0 Å². The molecule has 0 radical (unpaired) electrons. The van der Waals surface area contributed by atoms with Gasteiger partial charge in [0.25, 0.3) is 0 Å². The van der Waals surface area contributed by atoms with Gasteiger partial charge in [0.2, 0.25) is 0 Å². The number of aromatic nitrogens is 2. The third kappa shape index (κ3) is 2.26. The number of rotatable bonds is 2. The summed E-state index contributed by atoms with van der Waals surface area (Å²) in [6.07, 6.45) is 2.31. The Labute approximate surface area is 113 Å². The average Bonchev–Trinajstić information content (AvgIpc) is 2.46. The second kappa shape index (κ2) is 4.88. The lowest BCUT2D eigenvalue weighted by molar-refractivity contribution is 0.757. The molecular formula is C15H18N4. The minimum atomic E-state index is 0.796. The first-order valence-electron chi connectivity index (χ1n) is 6.67. The standard InChI is InChI=1S/C15H18N4/c1-11-17-14(16-2)10-15(18-11)19-9-5-7-12-6-3-4-8-13(12)19/h3-4,6,8,10H,5,7,9H2,1-2H3,(H,16,17,18). The number of nitrogens with zero attached hydrogens (tertiary/aromatic N) is 3. The molecule has 2 aromatic rings. The maximum absolute atomic E-state index is 4.58. The highest BCUT2D eigenvalue weighted by molar-refractivity contribution is 5.67. The second-order valence-electron chi connectivity index (χ2n) is 4.79. The summed E-state index contributed by atoms with van der Waals surface area (Å²) in [5.74, 6) is 2.64. The SMILES string of the molecule is CNc1cc(N2CCCc3ccccc32)nc(C)n1. The molecule has 1 aromatic carbocycles. The van der Waals surface area contributed by atoms with Crippen LogP contribution in [0.5, 0.6) is 0 Å². The predicted molar refractivity (Wildman–Crippen MR) is 78.1 cm³/mol. The average molecular weight is 254 g/mol. The van der Waals surface area contributed by atoms with Crippen molar-refractivity contribution in [3.8, 4) is 0 Å². The van der Waals surface area contributed by atoms with Crippen molar-refractivity contribution in [2.75, 3.05) is 23.8 Å². The van der Waals surface area contributed by atoms with Crippen LogP contribution < -0.4 is 10.2 Å². The molecule has 0 spiro atoms. The highest BCUT2D eigenvalue weighted by Gasteiger charge is 2.19. The highest BCUT2D eigenvalue weighted by Crippen LogP contribution is 2.32. The van der Waals surface area contributed by atoms with Crippen molar-refractivity contribution in [2.24, 2.45) is 0 Å². The number of fused-ring (bicyclic) bond motifs is 1. The van der Waals surface area contributed by atoms with E-state index in [2.05, 4.69) is 44.5 Å². The van der Waals surface area contributed by atoms with Gasteiger partial charge in [-0.2, -0.15) is 0 Å². The molecule has 2 heterocycles. The van der Waals surface area contributed by atoms with Crippen LogP contribution in [0, 0.1) is 6.92 Å². The zero-order chi connectivity index (χ0) is 13.2. The fraction of sp³-hybridized carbons (Fsp3) is 0.333. The summed E-state index contributed by atoms with van der Waals surface area (Å²) in [5, 5.41) is 3.09. The van der Waals surface area contributed by atoms with E-state index in [1.807, 2.05) is 20.0 Å². The van der Waals surface area contributed by atoms with Gasteiger partial charge in [-0.25, -0.2) is 9.97 Å². The van der Waals surface area contributed by atoms with Gasteiger partial charge in [0.1, 0.15) is 17.5 Å². The van der Waals surface area contributed by atoms with Crippen LogP contribution in [-0.4, -0.2) is 23.6 Å². The summed E-state index contributed by atoms with van der Waals surface area (Å²) < 4.78 is 0. The zero-order valence-electron chi connectivity index (χ0n) is 11.3.